The largest absolute Gasteiger partial charge is 0.480 e. The van der Waals surface area contributed by atoms with E-state index in [1.54, 1.807) is 11.8 Å². The smallest absolute Gasteiger partial charge is 0.152 e. The zero-order valence-corrected chi connectivity index (χ0v) is 8.02. The molecule has 1 aliphatic rings. The third kappa shape index (κ3) is 1.29. The summed E-state index contributed by atoms with van der Waals surface area (Å²) in [5.41, 5.74) is 1.15. The first kappa shape index (κ1) is 7.92. The summed E-state index contributed by atoms with van der Waals surface area (Å²) in [4.78, 5) is 5.54. The maximum absolute atomic E-state index is 5.33. The molecular formula is C9H11NOS. The minimum atomic E-state index is 0.497. The molecule has 2 heterocycles. The molecule has 2 rings (SSSR count). The zero-order valence-electron chi connectivity index (χ0n) is 7.20. The maximum atomic E-state index is 5.33. The van der Waals surface area contributed by atoms with Crippen molar-refractivity contribution in [2.24, 2.45) is 0 Å². The lowest BCUT2D eigenvalue weighted by Gasteiger charge is -2.04. The van der Waals surface area contributed by atoms with Crippen molar-refractivity contribution in [1.82, 2.24) is 4.98 Å². The maximum Gasteiger partial charge on any atom is 0.152 e. The molecule has 12 heavy (non-hydrogen) atoms. The van der Waals surface area contributed by atoms with Crippen LogP contribution in [0.1, 0.15) is 25.5 Å². The van der Waals surface area contributed by atoms with E-state index in [1.165, 1.54) is 4.90 Å². The molecule has 1 aromatic heterocycles. The van der Waals surface area contributed by atoms with Gasteiger partial charge in [0.25, 0.3) is 0 Å². The van der Waals surface area contributed by atoms with Crippen LogP contribution in [0.25, 0.3) is 0 Å². The zero-order chi connectivity index (χ0) is 8.55. The number of aromatic nitrogens is 1. The summed E-state index contributed by atoms with van der Waals surface area (Å²) in [6, 6.07) is 2.12. The van der Waals surface area contributed by atoms with Crippen LogP contribution in [0.5, 0.6) is 5.75 Å². The Morgan fingerprint density at radius 2 is 2.42 bits per heavy atom. The summed E-state index contributed by atoms with van der Waals surface area (Å²) in [5, 5.41) is 0. The van der Waals surface area contributed by atoms with Crippen LogP contribution >= 0.6 is 11.8 Å². The van der Waals surface area contributed by atoms with Gasteiger partial charge in [-0.05, 0) is 12.0 Å². The van der Waals surface area contributed by atoms with Gasteiger partial charge in [0.15, 0.2) is 5.75 Å². The molecule has 0 saturated heterocycles. The summed E-state index contributed by atoms with van der Waals surface area (Å²) < 4.78 is 5.33. The average Bonchev–Trinajstić information content (AvgIpc) is 2.49. The molecule has 3 heteroatoms. The number of thioether (sulfide) groups is 1. The SMILES string of the molecule is CC(C)c1cc2c(cn1)OCS2. The number of hydrogen-bond donors (Lipinski definition) is 0. The molecule has 0 radical (unpaired) electrons. The lowest BCUT2D eigenvalue weighted by Crippen LogP contribution is -1.92. The molecule has 1 aliphatic heterocycles. The molecule has 0 fully saturated rings. The van der Waals surface area contributed by atoms with Gasteiger partial charge in [-0.1, -0.05) is 25.6 Å². The lowest BCUT2D eigenvalue weighted by atomic mass is 10.1. The van der Waals surface area contributed by atoms with Crippen molar-refractivity contribution in [2.45, 2.75) is 24.7 Å². The summed E-state index contributed by atoms with van der Waals surface area (Å²) in [7, 11) is 0. The van der Waals surface area contributed by atoms with Crippen LogP contribution in [0.4, 0.5) is 0 Å². The van der Waals surface area contributed by atoms with Crippen LogP contribution < -0.4 is 4.74 Å². The predicted molar refractivity (Wildman–Crippen MR) is 49.7 cm³/mol. The van der Waals surface area contributed by atoms with E-state index in [0.717, 1.165) is 17.4 Å². The van der Waals surface area contributed by atoms with E-state index in [0.29, 0.717) is 5.92 Å². The highest BCUT2D eigenvalue weighted by atomic mass is 32.2. The Kier molecular flexibility index (Phi) is 1.97. The van der Waals surface area contributed by atoms with Gasteiger partial charge in [0.05, 0.1) is 11.1 Å². The molecule has 0 N–H and O–H groups in total. The molecule has 0 spiro atoms. The third-order valence-electron chi connectivity index (χ3n) is 1.87. The van der Waals surface area contributed by atoms with E-state index >= 15 is 0 Å². The predicted octanol–water partition coefficient (Wildman–Crippen LogP) is 2.65. The van der Waals surface area contributed by atoms with Crippen molar-refractivity contribution in [3.8, 4) is 5.75 Å². The summed E-state index contributed by atoms with van der Waals surface area (Å²) in [6.07, 6.45) is 1.82. The van der Waals surface area contributed by atoms with Crippen LogP contribution in [0.2, 0.25) is 0 Å². The van der Waals surface area contributed by atoms with Gasteiger partial charge in [0.2, 0.25) is 0 Å². The Bertz CT molecular complexity index is 299. The highest BCUT2D eigenvalue weighted by Gasteiger charge is 2.14. The fraction of sp³-hybridized carbons (Fsp3) is 0.444. The average molecular weight is 181 g/mol. The van der Waals surface area contributed by atoms with Crippen molar-refractivity contribution < 1.29 is 4.74 Å². The van der Waals surface area contributed by atoms with Crippen LogP contribution in [0.15, 0.2) is 17.2 Å². The minimum Gasteiger partial charge on any atom is -0.480 e. The first-order valence-electron chi connectivity index (χ1n) is 4.03. The summed E-state index contributed by atoms with van der Waals surface area (Å²) in [6.45, 7) is 4.30. The third-order valence-corrected chi connectivity index (χ3v) is 2.74. The first-order valence-corrected chi connectivity index (χ1v) is 5.01. The quantitative estimate of drug-likeness (QED) is 0.665. The Morgan fingerprint density at radius 3 is 3.17 bits per heavy atom. The van der Waals surface area contributed by atoms with Crippen molar-refractivity contribution in [3.05, 3.63) is 18.0 Å². The minimum absolute atomic E-state index is 0.497. The van der Waals surface area contributed by atoms with Crippen LogP contribution in [0.3, 0.4) is 0 Å². The molecule has 0 amide bonds. The highest BCUT2D eigenvalue weighted by molar-refractivity contribution is 7.99. The van der Waals surface area contributed by atoms with Crippen LogP contribution in [-0.4, -0.2) is 10.9 Å². The summed E-state index contributed by atoms with van der Waals surface area (Å²) in [5.74, 6) is 2.17. The van der Waals surface area contributed by atoms with E-state index in [1.807, 2.05) is 6.20 Å². The normalized spacial score (nSPS) is 14.6. The van der Waals surface area contributed by atoms with E-state index in [-0.39, 0.29) is 0 Å². The number of fused-ring (bicyclic) bond motifs is 1. The van der Waals surface area contributed by atoms with E-state index in [4.69, 9.17) is 4.74 Å². The van der Waals surface area contributed by atoms with Crippen molar-refractivity contribution in [1.29, 1.82) is 0 Å². The van der Waals surface area contributed by atoms with Gasteiger partial charge < -0.3 is 4.74 Å². The van der Waals surface area contributed by atoms with Gasteiger partial charge in [-0.2, -0.15) is 0 Å². The number of ether oxygens (including phenoxy) is 1. The standard InChI is InChI=1S/C9H11NOS/c1-6(2)7-3-9-8(4-10-7)11-5-12-9/h3-4,6H,5H2,1-2H3. The molecule has 0 aromatic carbocycles. The van der Waals surface area contributed by atoms with Gasteiger partial charge in [-0.15, -0.1) is 0 Å². The Balaban J connectivity index is 2.39. The van der Waals surface area contributed by atoms with Crippen LogP contribution in [0, 0.1) is 0 Å². The van der Waals surface area contributed by atoms with Gasteiger partial charge in [-0.3, -0.25) is 4.98 Å². The molecule has 64 valence electrons. The summed E-state index contributed by atoms with van der Waals surface area (Å²) >= 11 is 1.74. The molecule has 0 atom stereocenters. The second-order valence-corrected chi connectivity index (χ2v) is 4.08. The van der Waals surface area contributed by atoms with E-state index in [9.17, 15) is 0 Å². The molecule has 2 nitrogen and oxygen atoms in total. The van der Waals surface area contributed by atoms with Crippen molar-refractivity contribution in [3.63, 3.8) is 0 Å². The Hall–Kier alpha value is -0.700. The topological polar surface area (TPSA) is 22.1 Å². The van der Waals surface area contributed by atoms with Gasteiger partial charge in [0.1, 0.15) is 5.94 Å². The molecule has 0 unspecified atom stereocenters. The number of nitrogens with zero attached hydrogens (tertiary/aromatic N) is 1. The molecular weight excluding hydrogens is 170 g/mol. The van der Waals surface area contributed by atoms with Crippen molar-refractivity contribution in [2.75, 3.05) is 5.94 Å². The van der Waals surface area contributed by atoms with Crippen molar-refractivity contribution >= 4 is 11.8 Å². The number of rotatable bonds is 1. The number of hydrogen-bond acceptors (Lipinski definition) is 3. The lowest BCUT2D eigenvalue weighted by molar-refractivity contribution is 0.395. The molecule has 1 aromatic rings. The fourth-order valence-corrected chi connectivity index (χ4v) is 1.90. The second kappa shape index (κ2) is 2.98. The second-order valence-electron chi connectivity index (χ2n) is 3.12. The van der Waals surface area contributed by atoms with Crippen LogP contribution in [-0.2, 0) is 0 Å². The highest BCUT2D eigenvalue weighted by Crippen LogP contribution is 2.36. The van der Waals surface area contributed by atoms with Gasteiger partial charge >= 0.3 is 0 Å². The fourth-order valence-electron chi connectivity index (χ4n) is 1.13. The molecule has 0 aliphatic carbocycles. The number of pyridine rings is 1. The van der Waals surface area contributed by atoms with Gasteiger partial charge in [0, 0.05) is 5.69 Å². The molecule has 0 bridgehead atoms. The first-order chi connectivity index (χ1) is 5.77. The van der Waals surface area contributed by atoms with E-state index < -0.39 is 0 Å². The monoisotopic (exact) mass is 181 g/mol. The van der Waals surface area contributed by atoms with E-state index in [2.05, 4.69) is 24.9 Å². The Morgan fingerprint density at radius 1 is 1.58 bits per heavy atom. The van der Waals surface area contributed by atoms with Gasteiger partial charge in [-0.25, -0.2) is 0 Å². The molecule has 0 saturated carbocycles. The Labute approximate surface area is 76.3 Å².